The van der Waals surface area contributed by atoms with Crippen LogP contribution in [0, 0.1) is 11.3 Å². The molecule has 0 aliphatic heterocycles. The van der Waals surface area contributed by atoms with Crippen LogP contribution in [-0.4, -0.2) is 5.91 Å². The molecule has 0 aliphatic carbocycles. The van der Waals surface area contributed by atoms with Gasteiger partial charge in [0, 0.05) is 10.2 Å². The molecule has 1 N–H and O–H groups in total. The van der Waals surface area contributed by atoms with Crippen LogP contribution in [0.5, 0.6) is 5.75 Å². The van der Waals surface area contributed by atoms with Crippen LogP contribution in [0.4, 0.5) is 18.9 Å². The standard InChI is InChI=1S/C24H14Br2ClF3N2O2/c25-18-6-4-14(5-7-18)13-34-22-20(26)9-15(10-21(22)27)8-16(12-31)23(33)32-19-3-1-2-17(11-19)24(28,29)30/h1-11H,13H2,(H,32,33)/b16-8-. The molecule has 0 fully saturated rings. The van der Waals surface area contributed by atoms with E-state index in [4.69, 9.17) is 16.3 Å². The zero-order valence-corrected chi connectivity index (χ0v) is 21.0. The largest absolute Gasteiger partial charge is 0.486 e. The topological polar surface area (TPSA) is 62.1 Å². The van der Waals surface area contributed by atoms with Crippen molar-refractivity contribution in [3.05, 3.63) is 96.9 Å². The molecule has 4 nitrogen and oxygen atoms in total. The van der Waals surface area contributed by atoms with Crippen LogP contribution in [0.25, 0.3) is 6.08 Å². The molecule has 0 atom stereocenters. The zero-order valence-electron chi connectivity index (χ0n) is 17.1. The Labute approximate surface area is 215 Å². The van der Waals surface area contributed by atoms with Crippen molar-refractivity contribution in [2.24, 2.45) is 0 Å². The van der Waals surface area contributed by atoms with Gasteiger partial charge in [0.15, 0.2) is 5.75 Å². The van der Waals surface area contributed by atoms with Gasteiger partial charge in [0.25, 0.3) is 5.91 Å². The van der Waals surface area contributed by atoms with Gasteiger partial charge >= 0.3 is 6.18 Å². The van der Waals surface area contributed by atoms with Gasteiger partial charge in [-0.25, -0.2) is 0 Å². The maximum absolute atomic E-state index is 12.9. The Morgan fingerprint density at radius 2 is 1.82 bits per heavy atom. The lowest BCUT2D eigenvalue weighted by Gasteiger charge is -2.12. The van der Waals surface area contributed by atoms with Crippen molar-refractivity contribution in [3.63, 3.8) is 0 Å². The molecular weight excluding hydrogens is 601 g/mol. The maximum atomic E-state index is 12.9. The van der Waals surface area contributed by atoms with E-state index in [0.717, 1.165) is 28.2 Å². The summed E-state index contributed by atoms with van der Waals surface area (Å²) < 4.78 is 45.9. The number of benzene rings is 3. The molecule has 0 bridgehead atoms. The Morgan fingerprint density at radius 1 is 1.12 bits per heavy atom. The summed E-state index contributed by atoms with van der Waals surface area (Å²) in [6, 6.07) is 16.6. The second-order valence-electron chi connectivity index (χ2n) is 6.93. The van der Waals surface area contributed by atoms with Crippen molar-refractivity contribution >= 4 is 61.1 Å². The van der Waals surface area contributed by atoms with Gasteiger partial charge in [0.2, 0.25) is 0 Å². The quantitative estimate of drug-likeness (QED) is 0.226. The van der Waals surface area contributed by atoms with Crippen LogP contribution < -0.4 is 10.1 Å². The molecule has 0 spiro atoms. The molecular formula is C24H14Br2ClF3N2O2. The van der Waals surface area contributed by atoms with Crippen molar-refractivity contribution in [1.82, 2.24) is 0 Å². The summed E-state index contributed by atoms with van der Waals surface area (Å²) in [7, 11) is 0. The van der Waals surface area contributed by atoms with Gasteiger partial charge in [-0.15, -0.1) is 0 Å². The summed E-state index contributed by atoms with van der Waals surface area (Å²) in [5.74, 6) is -0.474. The molecule has 0 saturated carbocycles. The number of carbonyl (C=O) groups is 1. The second-order valence-corrected chi connectivity index (χ2v) is 9.11. The molecule has 0 saturated heterocycles. The Kier molecular flexibility index (Phi) is 8.42. The minimum atomic E-state index is -4.56. The monoisotopic (exact) mass is 612 g/mol. The number of hydrogen-bond donors (Lipinski definition) is 1. The highest BCUT2D eigenvalue weighted by Gasteiger charge is 2.30. The number of amides is 1. The molecule has 3 aromatic rings. The average Bonchev–Trinajstić information content (AvgIpc) is 2.77. The van der Waals surface area contributed by atoms with E-state index in [-0.39, 0.29) is 22.9 Å². The number of nitrogens with one attached hydrogen (secondary N) is 1. The Morgan fingerprint density at radius 3 is 2.44 bits per heavy atom. The summed E-state index contributed by atoms with van der Waals surface area (Å²) in [5, 5.41) is 12.0. The van der Waals surface area contributed by atoms with Gasteiger partial charge in [-0.1, -0.05) is 45.7 Å². The van der Waals surface area contributed by atoms with Gasteiger partial charge in [0.1, 0.15) is 18.2 Å². The van der Waals surface area contributed by atoms with Gasteiger partial charge < -0.3 is 10.1 Å². The third-order valence-electron chi connectivity index (χ3n) is 4.44. The number of anilines is 1. The lowest BCUT2D eigenvalue weighted by atomic mass is 10.1. The van der Waals surface area contributed by atoms with Crippen LogP contribution in [0.1, 0.15) is 16.7 Å². The van der Waals surface area contributed by atoms with E-state index in [1.165, 1.54) is 18.2 Å². The van der Waals surface area contributed by atoms with Crippen LogP contribution in [0.2, 0.25) is 5.02 Å². The van der Waals surface area contributed by atoms with Crippen molar-refractivity contribution in [1.29, 1.82) is 5.26 Å². The highest BCUT2D eigenvalue weighted by molar-refractivity contribution is 9.10. The molecule has 0 heterocycles. The molecule has 3 aromatic carbocycles. The van der Waals surface area contributed by atoms with E-state index in [1.54, 1.807) is 12.1 Å². The summed E-state index contributed by atoms with van der Waals surface area (Å²) >= 11 is 13.1. The van der Waals surface area contributed by atoms with Gasteiger partial charge in [-0.05, 0) is 75.6 Å². The molecule has 0 radical (unpaired) electrons. The number of ether oxygens (including phenoxy) is 1. The first kappa shape index (κ1) is 25.8. The molecule has 174 valence electrons. The number of rotatable bonds is 6. The second kappa shape index (κ2) is 11.1. The zero-order chi connectivity index (χ0) is 24.9. The number of carbonyl (C=O) groups excluding carboxylic acids is 1. The lowest BCUT2D eigenvalue weighted by Crippen LogP contribution is -2.14. The Bertz CT molecular complexity index is 1260. The first-order valence-electron chi connectivity index (χ1n) is 9.53. The smallest absolute Gasteiger partial charge is 0.416 e. The predicted octanol–water partition coefficient (Wildman–Crippen LogP) is 8.01. The highest BCUT2D eigenvalue weighted by Crippen LogP contribution is 2.36. The molecule has 10 heteroatoms. The fraction of sp³-hybridized carbons (Fsp3) is 0.0833. The third kappa shape index (κ3) is 6.86. The first-order chi connectivity index (χ1) is 16.1. The van der Waals surface area contributed by atoms with Crippen LogP contribution in [-0.2, 0) is 17.6 Å². The first-order valence-corrected chi connectivity index (χ1v) is 11.5. The van der Waals surface area contributed by atoms with Crippen LogP contribution >= 0.6 is 43.5 Å². The number of halogens is 6. The maximum Gasteiger partial charge on any atom is 0.416 e. The minimum absolute atomic E-state index is 0.0862. The molecule has 34 heavy (non-hydrogen) atoms. The van der Waals surface area contributed by atoms with E-state index in [2.05, 4.69) is 37.2 Å². The molecule has 1 amide bonds. The van der Waals surface area contributed by atoms with Gasteiger partial charge in [0.05, 0.1) is 15.1 Å². The number of alkyl halides is 3. The summed E-state index contributed by atoms with van der Waals surface area (Å²) in [4.78, 5) is 12.5. The molecule has 3 rings (SSSR count). The molecule has 0 unspecified atom stereocenters. The van der Waals surface area contributed by atoms with Gasteiger partial charge in [-0.3, -0.25) is 4.79 Å². The lowest BCUT2D eigenvalue weighted by molar-refractivity contribution is -0.137. The average molecular weight is 615 g/mol. The molecule has 0 aromatic heterocycles. The molecule has 0 aliphatic rings. The summed E-state index contributed by atoms with van der Waals surface area (Å²) in [5.41, 5.74) is 0.0276. The minimum Gasteiger partial charge on any atom is -0.486 e. The SMILES string of the molecule is N#C/C(=C/c1cc(Cl)c(OCc2ccc(Br)cc2)c(Br)c1)C(=O)Nc1cccc(C(F)(F)F)c1. The van der Waals surface area contributed by atoms with Crippen LogP contribution in [0.15, 0.2) is 75.2 Å². The van der Waals surface area contributed by atoms with E-state index in [9.17, 15) is 23.2 Å². The number of nitriles is 1. The fourth-order valence-corrected chi connectivity index (χ4v) is 4.08. The van der Waals surface area contributed by atoms with Gasteiger partial charge in [-0.2, -0.15) is 18.4 Å². The Hall–Kier alpha value is -2.80. The van der Waals surface area contributed by atoms with Crippen molar-refractivity contribution in [2.45, 2.75) is 12.8 Å². The predicted molar refractivity (Wildman–Crippen MR) is 131 cm³/mol. The Balaban J connectivity index is 1.77. The van der Waals surface area contributed by atoms with E-state index in [0.29, 0.717) is 15.8 Å². The summed E-state index contributed by atoms with van der Waals surface area (Å²) in [6.07, 6.45) is -3.28. The number of hydrogen-bond acceptors (Lipinski definition) is 3. The normalized spacial score (nSPS) is 11.6. The number of nitrogens with zero attached hydrogens (tertiary/aromatic N) is 1. The van der Waals surface area contributed by atoms with Crippen molar-refractivity contribution < 1.29 is 22.7 Å². The van der Waals surface area contributed by atoms with Crippen molar-refractivity contribution in [3.8, 4) is 11.8 Å². The van der Waals surface area contributed by atoms with E-state index in [1.807, 2.05) is 24.3 Å². The third-order valence-corrected chi connectivity index (χ3v) is 5.84. The van der Waals surface area contributed by atoms with Crippen molar-refractivity contribution in [2.75, 3.05) is 5.32 Å². The van der Waals surface area contributed by atoms with E-state index >= 15 is 0 Å². The summed E-state index contributed by atoms with van der Waals surface area (Å²) in [6.45, 7) is 0.267. The van der Waals surface area contributed by atoms with Crippen LogP contribution in [0.3, 0.4) is 0 Å². The fourth-order valence-electron chi connectivity index (χ4n) is 2.82. The van der Waals surface area contributed by atoms with E-state index < -0.39 is 17.6 Å². The highest BCUT2D eigenvalue weighted by atomic mass is 79.9.